The van der Waals surface area contributed by atoms with E-state index in [1.807, 2.05) is 19.1 Å². The van der Waals surface area contributed by atoms with E-state index >= 15 is 0 Å². The van der Waals surface area contributed by atoms with Gasteiger partial charge >= 0.3 is 5.97 Å². The van der Waals surface area contributed by atoms with Crippen LogP contribution < -0.4 is 5.32 Å². The van der Waals surface area contributed by atoms with Crippen LogP contribution in [0.1, 0.15) is 31.5 Å². The number of carboxylic acid groups (broad SMARTS) is 1. The van der Waals surface area contributed by atoms with Gasteiger partial charge in [-0.2, -0.15) is 0 Å². The number of thiazole rings is 1. The van der Waals surface area contributed by atoms with Gasteiger partial charge in [0.1, 0.15) is 0 Å². The molecule has 0 unspecified atom stereocenters. The minimum Gasteiger partial charge on any atom is -0.478 e. The van der Waals surface area contributed by atoms with E-state index in [2.05, 4.69) is 17.2 Å². The Labute approximate surface area is 122 Å². The molecule has 0 amide bonds. The average Bonchev–Trinajstić information content (AvgIpc) is 2.74. The molecule has 0 aliphatic carbocycles. The van der Waals surface area contributed by atoms with E-state index < -0.39 is 5.97 Å². The minimum atomic E-state index is -0.890. The lowest BCUT2D eigenvalue weighted by molar-refractivity contribution is 0.0697. The van der Waals surface area contributed by atoms with Crippen molar-refractivity contribution in [1.29, 1.82) is 0 Å². The van der Waals surface area contributed by atoms with Crippen molar-refractivity contribution in [2.24, 2.45) is 0 Å². The highest BCUT2D eigenvalue weighted by molar-refractivity contribution is 7.11. The lowest BCUT2D eigenvalue weighted by Crippen LogP contribution is -2.16. The standard InChI is InChI=1S/C15H18N2O2S/c1-10-11(2)20-14(17-10)7-8-16-9-12-3-5-13(6-4-12)15(18)19/h3-6,16H,7-9H2,1-2H3,(H,18,19). The van der Waals surface area contributed by atoms with Crippen molar-refractivity contribution in [3.05, 3.63) is 51.0 Å². The van der Waals surface area contributed by atoms with E-state index in [1.54, 1.807) is 23.5 Å². The average molecular weight is 290 g/mol. The van der Waals surface area contributed by atoms with Crippen LogP contribution in [-0.4, -0.2) is 22.6 Å². The van der Waals surface area contributed by atoms with Crippen LogP contribution in [0.4, 0.5) is 0 Å². The van der Waals surface area contributed by atoms with Crippen LogP contribution in [0.2, 0.25) is 0 Å². The highest BCUT2D eigenvalue weighted by atomic mass is 32.1. The molecule has 20 heavy (non-hydrogen) atoms. The summed E-state index contributed by atoms with van der Waals surface area (Å²) >= 11 is 1.75. The molecule has 0 spiro atoms. The molecule has 0 aliphatic rings. The van der Waals surface area contributed by atoms with E-state index in [0.717, 1.165) is 35.8 Å². The summed E-state index contributed by atoms with van der Waals surface area (Å²) in [6.07, 6.45) is 0.923. The van der Waals surface area contributed by atoms with Crippen molar-refractivity contribution < 1.29 is 9.90 Å². The third kappa shape index (κ3) is 3.88. The maximum Gasteiger partial charge on any atom is 0.335 e. The number of benzene rings is 1. The third-order valence-corrected chi connectivity index (χ3v) is 4.25. The number of nitrogens with one attached hydrogen (secondary N) is 1. The van der Waals surface area contributed by atoms with Crippen LogP contribution >= 0.6 is 11.3 Å². The van der Waals surface area contributed by atoms with Crippen molar-refractivity contribution in [3.63, 3.8) is 0 Å². The second kappa shape index (κ2) is 6.63. The maximum absolute atomic E-state index is 10.7. The molecule has 2 aromatic rings. The summed E-state index contributed by atoms with van der Waals surface area (Å²) in [5.41, 5.74) is 2.53. The van der Waals surface area contributed by atoms with Gasteiger partial charge in [-0.05, 0) is 31.5 Å². The van der Waals surface area contributed by atoms with E-state index in [9.17, 15) is 4.79 Å². The Bertz CT molecular complexity index is 571. The molecule has 0 saturated heterocycles. The number of aromatic carboxylic acids is 1. The number of aromatic nitrogens is 1. The predicted molar refractivity (Wildman–Crippen MR) is 80.4 cm³/mol. The van der Waals surface area contributed by atoms with Gasteiger partial charge in [0.25, 0.3) is 0 Å². The molecule has 1 aromatic heterocycles. The molecule has 0 bridgehead atoms. The molecule has 2 N–H and O–H groups in total. The summed E-state index contributed by atoms with van der Waals surface area (Å²) < 4.78 is 0. The Kier molecular flexibility index (Phi) is 4.87. The first kappa shape index (κ1) is 14.7. The van der Waals surface area contributed by atoms with Gasteiger partial charge in [-0.15, -0.1) is 11.3 Å². The number of hydrogen-bond donors (Lipinski definition) is 2. The Balaban J connectivity index is 1.77. The molecule has 4 nitrogen and oxygen atoms in total. The predicted octanol–water partition coefficient (Wildman–Crippen LogP) is 2.79. The molecule has 0 atom stereocenters. The fraction of sp³-hybridized carbons (Fsp3) is 0.333. The summed E-state index contributed by atoms with van der Waals surface area (Å²) in [4.78, 5) is 16.5. The van der Waals surface area contributed by atoms with Gasteiger partial charge < -0.3 is 10.4 Å². The van der Waals surface area contributed by atoms with Gasteiger partial charge in [0.05, 0.1) is 16.3 Å². The fourth-order valence-electron chi connectivity index (χ4n) is 1.84. The van der Waals surface area contributed by atoms with Crippen molar-refractivity contribution in [2.75, 3.05) is 6.54 Å². The quantitative estimate of drug-likeness (QED) is 0.803. The molecule has 0 saturated carbocycles. The number of rotatable bonds is 6. The van der Waals surface area contributed by atoms with Gasteiger partial charge in [-0.25, -0.2) is 9.78 Å². The van der Waals surface area contributed by atoms with Crippen LogP contribution in [0.3, 0.4) is 0 Å². The number of carboxylic acids is 1. The monoisotopic (exact) mass is 290 g/mol. The number of nitrogens with zero attached hydrogens (tertiary/aromatic N) is 1. The van der Waals surface area contributed by atoms with Crippen molar-refractivity contribution in [3.8, 4) is 0 Å². The second-order valence-corrected chi connectivity index (χ2v) is 5.97. The molecule has 1 heterocycles. The van der Waals surface area contributed by atoms with Crippen LogP contribution in [-0.2, 0) is 13.0 Å². The third-order valence-electron chi connectivity index (χ3n) is 3.12. The SMILES string of the molecule is Cc1nc(CCNCc2ccc(C(=O)O)cc2)sc1C. The summed E-state index contributed by atoms with van der Waals surface area (Å²) in [6, 6.07) is 6.95. The van der Waals surface area contributed by atoms with E-state index in [4.69, 9.17) is 5.11 Å². The highest BCUT2D eigenvalue weighted by Gasteiger charge is 2.04. The summed E-state index contributed by atoms with van der Waals surface area (Å²) in [6.45, 7) is 5.73. The Morgan fingerprint density at radius 1 is 1.30 bits per heavy atom. The Morgan fingerprint density at radius 2 is 2.00 bits per heavy atom. The topological polar surface area (TPSA) is 62.2 Å². The molecular formula is C15H18N2O2S. The van der Waals surface area contributed by atoms with Crippen LogP contribution in [0, 0.1) is 13.8 Å². The zero-order valence-electron chi connectivity index (χ0n) is 11.6. The minimum absolute atomic E-state index is 0.322. The molecule has 106 valence electrons. The molecule has 0 fully saturated rings. The van der Waals surface area contributed by atoms with Gasteiger partial charge in [-0.3, -0.25) is 0 Å². The van der Waals surface area contributed by atoms with Crippen LogP contribution in [0.5, 0.6) is 0 Å². The van der Waals surface area contributed by atoms with Crippen molar-refractivity contribution in [2.45, 2.75) is 26.8 Å². The summed E-state index contributed by atoms with van der Waals surface area (Å²) in [7, 11) is 0. The van der Waals surface area contributed by atoms with Crippen molar-refractivity contribution in [1.82, 2.24) is 10.3 Å². The molecule has 0 aliphatic heterocycles. The van der Waals surface area contributed by atoms with Crippen molar-refractivity contribution >= 4 is 17.3 Å². The largest absolute Gasteiger partial charge is 0.478 e. The van der Waals surface area contributed by atoms with Gasteiger partial charge in [0.15, 0.2) is 0 Å². The van der Waals surface area contributed by atoms with Gasteiger partial charge in [0.2, 0.25) is 0 Å². The normalized spacial score (nSPS) is 10.7. The smallest absolute Gasteiger partial charge is 0.335 e. The first-order chi connectivity index (χ1) is 9.56. The molecule has 1 aromatic carbocycles. The Hall–Kier alpha value is -1.72. The first-order valence-electron chi connectivity index (χ1n) is 6.52. The molecule has 5 heteroatoms. The number of carbonyl (C=O) groups is 1. The zero-order chi connectivity index (χ0) is 14.5. The zero-order valence-corrected chi connectivity index (χ0v) is 12.5. The van der Waals surface area contributed by atoms with E-state index in [0.29, 0.717) is 5.56 Å². The van der Waals surface area contributed by atoms with Gasteiger partial charge in [-0.1, -0.05) is 12.1 Å². The summed E-state index contributed by atoms with van der Waals surface area (Å²) in [5.74, 6) is -0.890. The maximum atomic E-state index is 10.7. The lowest BCUT2D eigenvalue weighted by atomic mass is 10.1. The first-order valence-corrected chi connectivity index (χ1v) is 7.34. The second-order valence-electron chi connectivity index (χ2n) is 4.68. The van der Waals surface area contributed by atoms with E-state index in [-0.39, 0.29) is 0 Å². The summed E-state index contributed by atoms with van der Waals surface area (Å²) in [5, 5.41) is 13.3. The number of aryl methyl sites for hydroxylation is 2. The Morgan fingerprint density at radius 3 is 2.55 bits per heavy atom. The molecular weight excluding hydrogens is 272 g/mol. The molecule has 0 radical (unpaired) electrons. The fourth-order valence-corrected chi connectivity index (χ4v) is 2.77. The van der Waals surface area contributed by atoms with Crippen LogP contribution in [0.15, 0.2) is 24.3 Å². The highest BCUT2D eigenvalue weighted by Crippen LogP contribution is 2.16. The molecule has 2 rings (SSSR count). The lowest BCUT2D eigenvalue weighted by Gasteiger charge is -2.04. The van der Waals surface area contributed by atoms with Crippen LogP contribution in [0.25, 0.3) is 0 Å². The van der Waals surface area contributed by atoms with E-state index in [1.165, 1.54) is 4.88 Å². The van der Waals surface area contributed by atoms with Gasteiger partial charge in [0, 0.05) is 24.4 Å². The number of hydrogen-bond acceptors (Lipinski definition) is 4.